The second-order valence-electron chi connectivity index (χ2n) is 8.78. The number of anilines is 1. The highest BCUT2D eigenvalue weighted by atomic mass is 16.2. The Morgan fingerprint density at radius 2 is 1.00 bits per heavy atom. The van der Waals surface area contributed by atoms with Gasteiger partial charge in [0, 0.05) is 11.8 Å². The summed E-state index contributed by atoms with van der Waals surface area (Å²) < 4.78 is 0. The second-order valence-corrected chi connectivity index (χ2v) is 8.78. The standard InChI is InChI=1S/C28H19NO2/c30-27-25-23-18-12-4-5-13-19(18)24(21-15-7-9-16-8-6-14-20(23)22(16)21)26(25)28(31)29(27)17-10-2-1-3-11-17/h1-15,23-26H/t23-,24-,25-,26-/m0/s1. The number of benzene rings is 4. The Hall–Kier alpha value is -3.72. The SMILES string of the molecule is O=C1[C@H]2[C@H]3c4ccccc4[C@@H](c4cccc5cccc3c45)[C@@H]2C(=O)N1c1ccccc1. The van der Waals surface area contributed by atoms with E-state index in [-0.39, 0.29) is 35.5 Å². The zero-order chi connectivity index (χ0) is 20.7. The van der Waals surface area contributed by atoms with Gasteiger partial charge in [0.05, 0.1) is 17.5 Å². The van der Waals surface area contributed by atoms with E-state index in [2.05, 4.69) is 60.7 Å². The first-order valence-electron chi connectivity index (χ1n) is 10.8. The molecule has 0 unspecified atom stereocenters. The van der Waals surface area contributed by atoms with Crippen molar-refractivity contribution in [3.05, 3.63) is 113 Å². The third kappa shape index (κ3) is 2.03. The number of hydrogen-bond acceptors (Lipinski definition) is 2. The maximum absolute atomic E-state index is 13.9. The third-order valence-electron chi connectivity index (χ3n) is 7.44. The van der Waals surface area contributed by atoms with Crippen LogP contribution in [0.3, 0.4) is 0 Å². The zero-order valence-corrected chi connectivity index (χ0v) is 16.7. The van der Waals surface area contributed by atoms with Crippen molar-refractivity contribution in [1.82, 2.24) is 0 Å². The highest BCUT2D eigenvalue weighted by Gasteiger charge is 2.60. The monoisotopic (exact) mass is 401 g/mol. The predicted octanol–water partition coefficient (Wildman–Crippen LogP) is 5.24. The number of rotatable bonds is 1. The van der Waals surface area contributed by atoms with Gasteiger partial charge in [-0.05, 0) is 45.2 Å². The van der Waals surface area contributed by atoms with Crippen molar-refractivity contribution >= 4 is 28.3 Å². The molecule has 1 fully saturated rings. The Bertz CT molecular complexity index is 1320. The van der Waals surface area contributed by atoms with Crippen LogP contribution in [0.2, 0.25) is 0 Å². The van der Waals surface area contributed by atoms with Crippen molar-refractivity contribution in [3.8, 4) is 0 Å². The Morgan fingerprint density at radius 1 is 0.516 bits per heavy atom. The highest BCUT2D eigenvalue weighted by molar-refractivity contribution is 6.23. The second kappa shape index (κ2) is 5.92. The summed E-state index contributed by atoms with van der Waals surface area (Å²) >= 11 is 0. The van der Waals surface area contributed by atoms with E-state index in [1.807, 2.05) is 30.3 Å². The number of carbonyl (C=O) groups is 2. The van der Waals surface area contributed by atoms with Crippen molar-refractivity contribution < 1.29 is 9.59 Å². The third-order valence-corrected chi connectivity index (χ3v) is 7.44. The van der Waals surface area contributed by atoms with Crippen molar-refractivity contribution in [3.63, 3.8) is 0 Å². The van der Waals surface area contributed by atoms with Crippen LogP contribution in [0.15, 0.2) is 91.0 Å². The molecule has 1 heterocycles. The number of para-hydroxylation sites is 1. The predicted molar refractivity (Wildman–Crippen MR) is 120 cm³/mol. The van der Waals surface area contributed by atoms with Gasteiger partial charge in [-0.25, -0.2) is 4.90 Å². The number of carbonyl (C=O) groups excluding carboxylic acids is 2. The smallest absolute Gasteiger partial charge is 0.238 e. The summed E-state index contributed by atoms with van der Waals surface area (Å²) in [6.45, 7) is 0. The van der Waals surface area contributed by atoms with Crippen LogP contribution in [0.25, 0.3) is 10.8 Å². The van der Waals surface area contributed by atoms with E-state index >= 15 is 0 Å². The van der Waals surface area contributed by atoms with Gasteiger partial charge in [-0.2, -0.15) is 0 Å². The molecule has 4 aromatic rings. The maximum Gasteiger partial charge on any atom is 0.238 e. The highest BCUT2D eigenvalue weighted by Crippen LogP contribution is 2.60. The zero-order valence-electron chi connectivity index (χ0n) is 16.7. The minimum Gasteiger partial charge on any atom is -0.274 e. The van der Waals surface area contributed by atoms with Gasteiger partial charge in [-0.1, -0.05) is 78.9 Å². The summed E-state index contributed by atoms with van der Waals surface area (Å²) in [6, 6.07) is 30.5. The fourth-order valence-corrected chi connectivity index (χ4v) is 6.35. The van der Waals surface area contributed by atoms with Crippen molar-refractivity contribution in [2.75, 3.05) is 4.90 Å². The molecule has 0 radical (unpaired) electrons. The van der Waals surface area contributed by atoms with Crippen molar-refractivity contribution in [2.24, 2.45) is 11.8 Å². The minimum atomic E-state index is -0.384. The minimum absolute atomic E-state index is 0.0736. The van der Waals surface area contributed by atoms with E-state index in [0.717, 1.165) is 0 Å². The normalized spacial score (nSPS) is 25.5. The summed E-state index contributed by atoms with van der Waals surface area (Å²) in [5, 5.41) is 2.40. The first kappa shape index (κ1) is 17.0. The van der Waals surface area contributed by atoms with Crippen LogP contribution < -0.4 is 4.90 Å². The number of amides is 2. The molecule has 148 valence electrons. The molecule has 3 aliphatic carbocycles. The first-order chi connectivity index (χ1) is 15.3. The molecule has 0 spiro atoms. The molecule has 2 bridgehead atoms. The molecule has 3 nitrogen and oxygen atoms in total. The molecule has 0 aromatic heterocycles. The number of nitrogens with zero attached hydrogens (tertiary/aromatic N) is 1. The molecule has 0 saturated carbocycles. The molecule has 3 heteroatoms. The molecule has 2 amide bonds. The Kier molecular flexibility index (Phi) is 3.25. The Labute approximate surface area is 179 Å². The Morgan fingerprint density at radius 3 is 1.55 bits per heavy atom. The lowest BCUT2D eigenvalue weighted by atomic mass is 9.64. The molecular formula is C28H19NO2. The van der Waals surface area contributed by atoms with Gasteiger partial charge in [-0.15, -0.1) is 0 Å². The van der Waals surface area contributed by atoms with E-state index < -0.39 is 0 Å². The van der Waals surface area contributed by atoms with Gasteiger partial charge >= 0.3 is 0 Å². The summed E-state index contributed by atoms with van der Waals surface area (Å²) in [7, 11) is 0. The van der Waals surface area contributed by atoms with Crippen molar-refractivity contribution in [1.29, 1.82) is 0 Å². The van der Waals surface area contributed by atoms with Crippen LogP contribution in [0, 0.1) is 11.8 Å². The average molecular weight is 401 g/mol. The van der Waals surface area contributed by atoms with Crippen LogP contribution in [0.1, 0.15) is 34.1 Å². The van der Waals surface area contributed by atoms with Crippen LogP contribution in [0.5, 0.6) is 0 Å². The van der Waals surface area contributed by atoms with E-state index in [1.165, 1.54) is 37.9 Å². The summed E-state index contributed by atoms with van der Waals surface area (Å²) in [5.74, 6) is -1.15. The van der Waals surface area contributed by atoms with Gasteiger partial charge in [0.25, 0.3) is 0 Å². The molecule has 4 aromatic carbocycles. The molecule has 31 heavy (non-hydrogen) atoms. The Balaban J connectivity index is 1.56. The van der Waals surface area contributed by atoms with E-state index in [4.69, 9.17) is 0 Å². The van der Waals surface area contributed by atoms with Crippen LogP contribution in [-0.2, 0) is 9.59 Å². The quantitative estimate of drug-likeness (QED) is 0.409. The van der Waals surface area contributed by atoms with Gasteiger partial charge < -0.3 is 0 Å². The molecule has 0 N–H and O–H groups in total. The molecule has 4 aliphatic rings. The lowest BCUT2D eigenvalue weighted by Gasteiger charge is -2.36. The number of hydrogen-bond donors (Lipinski definition) is 0. The fourth-order valence-electron chi connectivity index (χ4n) is 6.35. The van der Waals surface area contributed by atoms with Crippen molar-refractivity contribution in [2.45, 2.75) is 11.8 Å². The van der Waals surface area contributed by atoms with Gasteiger partial charge in [0.1, 0.15) is 0 Å². The van der Waals surface area contributed by atoms with Crippen LogP contribution in [0.4, 0.5) is 5.69 Å². The van der Waals surface area contributed by atoms with Gasteiger partial charge in [0.2, 0.25) is 11.8 Å². The maximum atomic E-state index is 13.9. The molecule has 8 rings (SSSR count). The van der Waals surface area contributed by atoms with Gasteiger partial charge in [-0.3, -0.25) is 9.59 Å². The van der Waals surface area contributed by atoms with Crippen LogP contribution in [-0.4, -0.2) is 11.8 Å². The molecule has 4 atom stereocenters. The van der Waals surface area contributed by atoms with E-state index in [1.54, 1.807) is 0 Å². The average Bonchev–Trinajstić information content (AvgIpc) is 2.94. The lowest BCUT2D eigenvalue weighted by molar-refractivity contribution is -0.122. The van der Waals surface area contributed by atoms with Gasteiger partial charge in [0.15, 0.2) is 0 Å². The molecular weight excluding hydrogens is 382 g/mol. The topological polar surface area (TPSA) is 37.4 Å². The first-order valence-corrected chi connectivity index (χ1v) is 10.8. The molecule has 1 aliphatic heterocycles. The lowest BCUT2D eigenvalue weighted by Crippen LogP contribution is -2.34. The largest absolute Gasteiger partial charge is 0.274 e. The number of imide groups is 1. The van der Waals surface area contributed by atoms with E-state index in [9.17, 15) is 9.59 Å². The summed E-state index contributed by atoms with van der Waals surface area (Å²) in [4.78, 5) is 29.2. The summed E-state index contributed by atoms with van der Waals surface area (Å²) in [6.07, 6.45) is 0. The van der Waals surface area contributed by atoms with E-state index in [0.29, 0.717) is 5.69 Å². The molecule has 1 saturated heterocycles. The fraction of sp³-hybridized carbons (Fsp3) is 0.143. The van der Waals surface area contributed by atoms with Crippen LogP contribution >= 0.6 is 0 Å². The summed E-state index contributed by atoms with van der Waals surface area (Å²) in [5.41, 5.74) is 5.39.